The second kappa shape index (κ2) is 18.5. The summed E-state index contributed by atoms with van der Waals surface area (Å²) in [5, 5.41) is 20.2. The lowest BCUT2D eigenvalue weighted by Crippen LogP contribution is -2.62. The van der Waals surface area contributed by atoms with Crippen molar-refractivity contribution in [3.63, 3.8) is 0 Å². The van der Waals surface area contributed by atoms with Crippen molar-refractivity contribution >= 4 is 40.5 Å². The van der Waals surface area contributed by atoms with Crippen molar-refractivity contribution in [2.45, 2.75) is 135 Å². The van der Waals surface area contributed by atoms with E-state index in [1.807, 2.05) is 18.3 Å². The minimum atomic E-state index is -1.11. The molecule has 6 aliphatic rings. The van der Waals surface area contributed by atoms with Crippen LogP contribution in [-0.2, 0) is 48.1 Å². The molecule has 366 valence electrons. The fourth-order valence-electron chi connectivity index (χ4n) is 12.2. The van der Waals surface area contributed by atoms with Crippen LogP contribution in [0.25, 0.3) is 33.3 Å². The number of hydrazine groups is 1. The summed E-state index contributed by atoms with van der Waals surface area (Å²) in [6, 6.07) is 13.0. The number of nitrogens with zero attached hydrogens (tertiary/aromatic N) is 5. The van der Waals surface area contributed by atoms with E-state index in [-0.39, 0.29) is 54.4 Å². The van der Waals surface area contributed by atoms with Crippen LogP contribution in [0.5, 0.6) is 5.75 Å². The van der Waals surface area contributed by atoms with Gasteiger partial charge in [-0.3, -0.25) is 34.0 Å². The van der Waals surface area contributed by atoms with E-state index in [1.165, 1.54) is 5.01 Å². The number of esters is 1. The van der Waals surface area contributed by atoms with E-state index in [0.717, 1.165) is 70.2 Å². The first-order chi connectivity index (χ1) is 33.1. The number of ether oxygens (including phenoxy) is 1. The lowest BCUT2D eigenvalue weighted by molar-refractivity contribution is -0.155. The Kier molecular flexibility index (Phi) is 12.6. The van der Waals surface area contributed by atoms with Gasteiger partial charge in [-0.1, -0.05) is 52.7 Å². The fourth-order valence-corrected chi connectivity index (χ4v) is 12.2. The molecule has 5 aliphatic heterocycles. The maximum absolute atomic E-state index is 15.1. The summed E-state index contributed by atoms with van der Waals surface area (Å²) in [5.74, 6) is -1.21. The van der Waals surface area contributed by atoms with Crippen LogP contribution in [0, 0.1) is 16.7 Å². The van der Waals surface area contributed by atoms with Gasteiger partial charge in [-0.05, 0) is 122 Å². The Balaban J connectivity index is 1.03. The second-order valence-electron chi connectivity index (χ2n) is 21.8. The quantitative estimate of drug-likeness (QED) is 0.123. The Bertz CT molecular complexity index is 2690. The van der Waals surface area contributed by atoms with E-state index >= 15 is 4.79 Å². The fraction of sp³-hybridized carbons (Fsp3) is 0.556. The highest BCUT2D eigenvalue weighted by Crippen LogP contribution is 2.45. The number of phenols is 1. The number of rotatable bonds is 8. The van der Waals surface area contributed by atoms with Crippen molar-refractivity contribution in [1.82, 2.24) is 40.4 Å². The van der Waals surface area contributed by atoms with E-state index in [2.05, 4.69) is 79.5 Å². The molecule has 1 aliphatic carbocycles. The molecule has 2 aromatic carbocycles. The first kappa shape index (κ1) is 46.9. The molecule has 15 nitrogen and oxygen atoms in total. The first-order valence-electron chi connectivity index (χ1n) is 25.4. The van der Waals surface area contributed by atoms with Crippen molar-refractivity contribution in [2.75, 3.05) is 39.3 Å². The summed E-state index contributed by atoms with van der Waals surface area (Å²) in [4.78, 5) is 80.2. The molecule has 6 bridgehead atoms. The minimum absolute atomic E-state index is 0.0249. The molecule has 2 aromatic heterocycles. The number of hydrogen-bond donors (Lipinski definition) is 4. The topological polar surface area (TPSA) is 188 Å². The van der Waals surface area contributed by atoms with Gasteiger partial charge in [-0.25, -0.2) is 5.43 Å². The number of likely N-dealkylation sites (tertiary alicyclic amines) is 2. The molecular weight excluding hydrogens is 873 g/mol. The summed E-state index contributed by atoms with van der Waals surface area (Å²) in [5.41, 5.74) is 9.54. The number of cyclic esters (lactones) is 1. The third-order valence-corrected chi connectivity index (χ3v) is 15.9. The molecule has 1 saturated carbocycles. The summed E-state index contributed by atoms with van der Waals surface area (Å²) < 4.78 is 8.51. The second-order valence-corrected chi connectivity index (χ2v) is 21.8. The Labute approximate surface area is 404 Å². The molecule has 0 unspecified atom stereocenters. The highest BCUT2D eigenvalue weighted by Gasteiger charge is 2.56. The lowest BCUT2D eigenvalue weighted by atomic mass is 9.83. The normalized spacial score (nSPS) is 25.7. The smallest absolute Gasteiger partial charge is 0.324 e. The van der Waals surface area contributed by atoms with Crippen LogP contribution >= 0.6 is 0 Å². The third-order valence-electron chi connectivity index (χ3n) is 15.9. The van der Waals surface area contributed by atoms with Crippen LogP contribution in [0.15, 0.2) is 54.7 Å². The number of phenolic OH excluding ortho intramolecular Hbond substituents is 1. The number of aromatic hydroxyl groups is 1. The van der Waals surface area contributed by atoms with Crippen molar-refractivity contribution in [3.05, 3.63) is 71.5 Å². The first-order valence-corrected chi connectivity index (χ1v) is 25.4. The van der Waals surface area contributed by atoms with Crippen LogP contribution in [0.3, 0.4) is 0 Å². The van der Waals surface area contributed by atoms with Gasteiger partial charge in [0.15, 0.2) is 0 Å². The summed E-state index contributed by atoms with van der Waals surface area (Å²) >= 11 is 0. The van der Waals surface area contributed by atoms with E-state index in [0.29, 0.717) is 76.9 Å². The monoisotopic (exact) mass is 941 g/mol. The average molecular weight is 941 g/mol. The molecule has 5 atom stereocenters. The van der Waals surface area contributed by atoms with Crippen molar-refractivity contribution < 1.29 is 33.8 Å². The summed E-state index contributed by atoms with van der Waals surface area (Å²) in [6.45, 7) is 13.8. The SMILES string of the molecule is CCn1c(-c2cccnc2C(C)C)c2c3cc(ccc31)-c1cc(O)cc(c1)C[C@H](NC(=O)[C@H](C1CCCC1)N1CC[C@]3(CCN(C(=O)[C@H]4CN4)C3)C1=O)C(=O)N1CCC[C@H](N1)C(=O)OCC(C)(C)C2. The molecule has 69 heavy (non-hydrogen) atoms. The van der Waals surface area contributed by atoms with E-state index in [1.54, 1.807) is 21.9 Å². The molecule has 7 heterocycles. The molecule has 4 aromatic rings. The molecule has 4 N–H and O–H groups in total. The number of amides is 4. The number of pyridine rings is 1. The van der Waals surface area contributed by atoms with Gasteiger partial charge in [0.25, 0.3) is 5.91 Å². The van der Waals surface area contributed by atoms with Gasteiger partial charge >= 0.3 is 5.97 Å². The van der Waals surface area contributed by atoms with Crippen LogP contribution < -0.4 is 16.1 Å². The van der Waals surface area contributed by atoms with Crippen LogP contribution in [-0.4, -0.2) is 123 Å². The molecule has 1 spiro atoms. The van der Waals surface area contributed by atoms with E-state index in [9.17, 15) is 24.3 Å². The Hall–Kier alpha value is -5.80. The number of aryl methyl sites for hydroxylation is 1. The van der Waals surface area contributed by atoms with Gasteiger partial charge in [0.2, 0.25) is 17.7 Å². The number of hydrogen-bond acceptors (Lipinski definition) is 10. The standard InChI is InChI=1S/C54H68N8O7/c1-6-60-44-16-15-35-27-39(44)40(47(60)38-13-9-19-55-45(38)32(2)3)28-53(4,5)31-69-51(67)41-14-10-20-62(58-41)50(66)42(25-33-23-36(35)26-37(63)24-33)57-48(64)46(34-11-7-8-12-34)61-22-18-54(52(61)68)17-21-59(30-54)49(65)43-29-56-43/h9,13,15-16,19,23-24,26-27,32,34,41-43,46,56,58,63H,6-8,10-12,14,17-18,20-22,25,28-31H2,1-5H3,(H,57,64)/t41-,42-,43+,46-,54-/m0/s1. The van der Waals surface area contributed by atoms with Gasteiger partial charge in [0, 0.05) is 73.8 Å². The number of nitrogens with one attached hydrogen (secondary N) is 3. The van der Waals surface area contributed by atoms with E-state index in [4.69, 9.17) is 9.72 Å². The number of carbonyl (C=O) groups is 5. The average Bonchev–Trinajstić information content (AvgIpc) is 3.59. The maximum atomic E-state index is 15.1. The van der Waals surface area contributed by atoms with Gasteiger partial charge in [-0.15, -0.1) is 0 Å². The van der Waals surface area contributed by atoms with Crippen LogP contribution in [0.2, 0.25) is 0 Å². The molecule has 4 amide bonds. The molecular formula is C54H68N8O7. The number of aromatic nitrogens is 2. The molecule has 15 heteroatoms. The van der Waals surface area contributed by atoms with Crippen LogP contribution in [0.4, 0.5) is 0 Å². The van der Waals surface area contributed by atoms with Gasteiger partial charge in [0.05, 0.1) is 29.5 Å². The molecule has 4 saturated heterocycles. The molecule has 0 radical (unpaired) electrons. The van der Waals surface area contributed by atoms with Crippen molar-refractivity contribution in [3.8, 4) is 28.1 Å². The Morgan fingerprint density at radius 2 is 1.75 bits per heavy atom. The van der Waals surface area contributed by atoms with Gasteiger partial charge in [0.1, 0.15) is 23.9 Å². The zero-order chi connectivity index (χ0) is 48.4. The van der Waals surface area contributed by atoms with E-state index < -0.39 is 40.8 Å². The number of carbonyl (C=O) groups excluding carboxylic acids is 5. The Morgan fingerprint density at radius 1 is 0.971 bits per heavy atom. The molecule has 5 fully saturated rings. The third kappa shape index (κ3) is 9.01. The summed E-state index contributed by atoms with van der Waals surface area (Å²) in [7, 11) is 0. The van der Waals surface area contributed by atoms with Crippen molar-refractivity contribution in [1.29, 1.82) is 0 Å². The minimum Gasteiger partial charge on any atom is -0.508 e. The highest BCUT2D eigenvalue weighted by atomic mass is 16.5. The zero-order valence-electron chi connectivity index (χ0n) is 40.8. The summed E-state index contributed by atoms with van der Waals surface area (Å²) in [6.07, 6.45) is 8.05. The number of benzene rings is 2. The zero-order valence-corrected chi connectivity index (χ0v) is 40.8. The lowest BCUT2D eigenvalue weighted by Gasteiger charge is -2.37. The van der Waals surface area contributed by atoms with Crippen LogP contribution in [0.1, 0.15) is 109 Å². The highest BCUT2D eigenvalue weighted by molar-refractivity contribution is 5.97. The predicted molar refractivity (Wildman–Crippen MR) is 261 cm³/mol. The van der Waals surface area contributed by atoms with Gasteiger partial charge < -0.3 is 34.8 Å². The molecule has 10 rings (SSSR count). The van der Waals surface area contributed by atoms with Crippen molar-refractivity contribution in [2.24, 2.45) is 16.7 Å². The Morgan fingerprint density at radius 3 is 2.51 bits per heavy atom. The van der Waals surface area contributed by atoms with Gasteiger partial charge in [-0.2, -0.15) is 0 Å². The predicted octanol–water partition coefficient (Wildman–Crippen LogP) is 5.85. The largest absolute Gasteiger partial charge is 0.508 e. The number of fused-ring (bicyclic) bond motifs is 6. The maximum Gasteiger partial charge on any atom is 0.324 e.